The Bertz CT molecular complexity index is 364. The number of nitrogens with two attached hydrogens (primary N) is 1. The molecule has 0 bridgehead atoms. The third-order valence-electron chi connectivity index (χ3n) is 3.55. The summed E-state index contributed by atoms with van der Waals surface area (Å²) in [7, 11) is 0. The molecule has 0 saturated carbocycles. The van der Waals surface area contributed by atoms with Crippen LogP contribution in [0.1, 0.15) is 49.3 Å². The zero-order chi connectivity index (χ0) is 12.8. The fourth-order valence-electron chi connectivity index (χ4n) is 2.50. The van der Waals surface area contributed by atoms with Crippen LogP contribution in [0.3, 0.4) is 0 Å². The number of nitrogens with one attached hydrogen (secondary N) is 1. The minimum Gasteiger partial charge on any atom is -0.378 e. The highest BCUT2D eigenvalue weighted by molar-refractivity contribution is 5.19. The lowest BCUT2D eigenvalue weighted by molar-refractivity contribution is 0.00854. The van der Waals surface area contributed by atoms with E-state index < -0.39 is 0 Å². The number of aromatic nitrogens is 1. The van der Waals surface area contributed by atoms with Gasteiger partial charge in [-0.25, -0.2) is 0 Å². The van der Waals surface area contributed by atoms with Gasteiger partial charge in [0.1, 0.15) is 0 Å². The van der Waals surface area contributed by atoms with Crippen molar-refractivity contribution >= 4 is 0 Å². The van der Waals surface area contributed by atoms with E-state index in [1.807, 2.05) is 19.3 Å². The number of hydrogen-bond donors (Lipinski definition) is 2. The number of nitrogens with zero attached hydrogens (tertiary/aromatic N) is 1. The Labute approximate surface area is 109 Å². The van der Waals surface area contributed by atoms with E-state index in [2.05, 4.69) is 16.5 Å². The molecule has 1 saturated heterocycles. The standard InChI is InChI=1S/C14H23N3O/c1-11-8-12(10-16-9-11)14(17-15)6-5-13-4-2-3-7-18-13/h8-10,13-14,17H,2-7,15H2,1H3. The Morgan fingerprint density at radius 3 is 3.06 bits per heavy atom. The topological polar surface area (TPSA) is 60.2 Å². The van der Waals surface area contributed by atoms with E-state index in [0.717, 1.165) is 25.0 Å². The van der Waals surface area contributed by atoms with Crippen LogP contribution in [-0.4, -0.2) is 17.7 Å². The summed E-state index contributed by atoms with van der Waals surface area (Å²) in [5.74, 6) is 5.65. The largest absolute Gasteiger partial charge is 0.378 e. The van der Waals surface area contributed by atoms with Crippen LogP contribution < -0.4 is 11.3 Å². The number of aryl methyl sites for hydroxylation is 1. The molecule has 2 heterocycles. The highest BCUT2D eigenvalue weighted by Crippen LogP contribution is 2.23. The SMILES string of the molecule is Cc1cncc(C(CCC2CCCCO2)NN)c1. The molecule has 0 aromatic carbocycles. The van der Waals surface area contributed by atoms with E-state index in [-0.39, 0.29) is 6.04 Å². The molecule has 1 fully saturated rings. The van der Waals surface area contributed by atoms with Crippen LogP contribution in [0.2, 0.25) is 0 Å². The van der Waals surface area contributed by atoms with Crippen molar-refractivity contribution in [3.05, 3.63) is 29.6 Å². The molecule has 0 aliphatic carbocycles. The Morgan fingerprint density at radius 1 is 1.50 bits per heavy atom. The third kappa shape index (κ3) is 3.77. The van der Waals surface area contributed by atoms with Gasteiger partial charge in [0.15, 0.2) is 0 Å². The summed E-state index contributed by atoms with van der Waals surface area (Å²) in [4.78, 5) is 4.22. The second kappa shape index (κ2) is 6.83. The second-order valence-corrected chi connectivity index (χ2v) is 5.08. The number of hydrazine groups is 1. The van der Waals surface area contributed by atoms with E-state index in [1.54, 1.807) is 0 Å². The molecule has 18 heavy (non-hydrogen) atoms. The first kappa shape index (κ1) is 13.5. The van der Waals surface area contributed by atoms with Crippen molar-refractivity contribution in [2.75, 3.05) is 6.61 Å². The van der Waals surface area contributed by atoms with Crippen LogP contribution in [0.25, 0.3) is 0 Å². The predicted octanol–water partition coefficient (Wildman–Crippen LogP) is 2.24. The van der Waals surface area contributed by atoms with Gasteiger partial charge < -0.3 is 4.74 Å². The first-order chi connectivity index (χ1) is 8.79. The Hall–Kier alpha value is -0.970. The zero-order valence-electron chi connectivity index (χ0n) is 11.1. The molecule has 2 atom stereocenters. The minimum absolute atomic E-state index is 0.169. The summed E-state index contributed by atoms with van der Waals surface area (Å²) in [6, 6.07) is 2.31. The van der Waals surface area contributed by atoms with Crippen molar-refractivity contribution in [2.45, 2.75) is 51.2 Å². The fraction of sp³-hybridized carbons (Fsp3) is 0.643. The molecule has 0 amide bonds. The van der Waals surface area contributed by atoms with Crippen LogP contribution in [0.15, 0.2) is 18.5 Å². The first-order valence-electron chi connectivity index (χ1n) is 6.79. The van der Waals surface area contributed by atoms with Crippen molar-refractivity contribution < 1.29 is 4.74 Å². The fourth-order valence-corrected chi connectivity index (χ4v) is 2.50. The van der Waals surface area contributed by atoms with Gasteiger partial charge in [-0.2, -0.15) is 0 Å². The summed E-state index contributed by atoms with van der Waals surface area (Å²) in [6.07, 6.45) is 9.89. The van der Waals surface area contributed by atoms with E-state index in [9.17, 15) is 0 Å². The maximum absolute atomic E-state index is 5.75. The van der Waals surface area contributed by atoms with Gasteiger partial charge in [0.05, 0.1) is 6.10 Å². The van der Waals surface area contributed by atoms with Crippen molar-refractivity contribution in [1.82, 2.24) is 10.4 Å². The Kier molecular flexibility index (Phi) is 5.11. The first-order valence-corrected chi connectivity index (χ1v) is 6.79. The molecule has 2 rings (SSSR count). The monoisotopic (exact) mass is 249 g/mol. The van der Waals surface area contributed by atoms with Crippen LogP contribution in [0.4, 0.5) is 0 Å². The highest BCUT2D eigenvalue weighted by Gasteiger charge is 2.17. The van der Waals surface area contributed by atoms with Gasteiger partial charge in [0.25, 0.3) is 0 Å². The normalized spacial score (nSPS) is 21.8. The number of ether oxygens (including phenoxy) is 1. The molecule has 0 spiro atoms. The van der Waals surface area contributed by atoms with Crippen LogP contribution >= 0.6 is 0 Å². The van der Waals surface area contributed by atoms with Crippen molar-refractivity contribution in [3.63, 3.8) is 0 Å². The van der Waals surface area contributed by atoms with Gasteiger partial charge in [-0.3, -0.25) is 16.3 Å². The smallest absolute Gasteiger partial charge is 0.0575 e. The molecular formula is C14H23N3O. The molecule has 4 heteroatoms. The van der Waals surface area contributed by atoms with Gasteiger partial charge in [-0.05, 0) is 50.2 Å². The molecule has 1 aromatic rings. The molecule has 100 valence electrons. The maximum Gasteiger partial charge on any atom is 0.0575 e. The average molecular weight is 249 g/mol. The lowest BCUT2D eigenvalue weighted by Gasteiger charge is -2.24. The summed E-state index contributed by atoms with van der Waals surface area (Å²) in [6.45, 7) is 2.96. The molecule has 1 aromatic heterocycles. The average Bonchev–Trinajstić information content (AvgIpc) is 2.41. The van der Waals surface area contributed by atoms with E-state index in [4.69, 9.17) is 10.6 Å². The summed E-state index contributed by atoms with van der Waals surface area (Å²) in [5.41, 5.74) is 5.22. The molecule has 0 radical (unpaired) electrons. The van der Waals surface area contributed by atoms with Crippen LogP contribution in [-0.2, 0) is 4.74 Å². The van der Waals surface area contributed by atoms with Crippen molar-refractivity contribution in [3.8, 4) is 0 Å². The minimum atomic E-state index is 0.169. The van der Waals surface area contributed by atoms with Crippen LogP contribution in [0, 0.1) is 6.92 Å². The van der Waals surface area contributed by atoms with Gasteiger partial charge in [-0.15, -0.1) is 0 Å². The second-order valence-electron chi connectivity index (χ2n) is 5.08. The third-order valence-corrected chi connectivity index (χ3v) is 3.55. The zero-order valence-corrected chi connectivity index (χ0v) is 11.1. The van der Waals surface area contributed by atoms with E-state index >= 15 is 0 Å². The molecule has 1 aliphatic rings. The van der Waals surface area contributed by atoms with Gasteiger partial charge in [0, 0.05) is 25.0 Å². The Balaban J connectivity index is 1.88. The molecule has 4 nitrogen and oxygen atoms in total. The predicted molar refractivity (Wildman–Crippen MR) is 71.9 cm³/mol. The number of rotatable bonds is 5. The number of hydrogen-bond acceptors (Lipinski definition) is 4. The molecule has 3 N–H and O–H groups in total. The molecular weight excluding hydrogens is 226 g/mol. The molecule has 1 aliphatic heterocycles. The van der Waals surface area contributed by atoms with Gasteiger partial charge in [0.2, 0.25) is 0 Å². The van der Waals surface area contributed by atoms with Gasteiger partial charge >= 0.3 is 0 Å². The summed E-state index contributed by atoms with van der Waals surface area (Å²) in [5, 5.41) is 0. The van der Waals surface area contributed by atoms with E-state index in [0.29, 0.717) is 6.10 Å². The highest BCUT2D eigenvalue weighted by atomic mass is 16.5. The van der Waals surface area contributed by atoms with Gasteiger partial charge in [-0.1, -0.05) is 6.07 Å². The van der Waals surface area contributed by atoms with E-state index in [1.165, 1.54) is 24.8 Å². The number of pyridine rings is 1. The maximum atomic E-state index is 5.75. The Morgan fingerprint density at radius 2 is 2.39 bits per heavy atom. The quantitative estimate of drug-likeness (QED) is 0.620. The molecule has 2 unspecified atom stereocenters. The summed E-state index contributed by atoms with van der Waals surface area (Å²) >= 11 is 0. The van der Waals surface area contributed by atoms with Crippen molar-refractivity contribution in [1.29, 1.82) is 0 Å². The lowest BCUT2D eigenvalue weighted by Crippen LogP contribution is -2.30. The summed E-state index contributed by atoms with van der Waals surface area (Å²) < 4.78 is 5.75. The lowest BCUT2D eigenvalue weighted by atomic mass is 9.98. The van der Waals surface area contributed by atoms with Crippen molar-refractivity contribution in [2.24, 2.45) is 5.84 Å². The van der Waals surface area contributed by atoms with Crippen LogP contribution in [0.5, 0.6) is 0 Å².